The lowest BCUT2D eigenvalue weighted by atomic mass is 10.1. The average molecular weight is 415 g/mol. The maximum atomic E-state index is 11.6. The Morgan fingerprint density at radius 3 is 3.12 bits per heavy atom. The number of hydrogen-bond acceptors (Lipinski definition) is 4. The third-order valence-corrected chi connectivity index (χ3v) is 4.77. The summed E-state index contributed by atoms with van der Waals surface area (Å²) in [5.41, 5.74) is 1.65. The number of nitrogens with one attached hydrogen (secondary N) is 2. The molecule has 2 aliphatic rings. The zero-order chi connectivity index (χ0) is 18.4. The van der Waals surface area contributed by atoms with Crippen molar-refractivity contribution in [3.05, 3.63) is 46.5 Å². The Hall–Kier alpha value is -2.66. The first kappa shape index (κ1) is 18.1. The third-order valence-electron chi connectivity index (χ3n) is 4.13. The van der Waals surface area contributed by atoms with E-state index in [0.717, 1.165) is 30.4 Å². The fourth-order valence-electron chi connectivity index (χ4n) is 2.84. The maximum Gasteiger partial charge on any atom is 0.222 e. The van der Waals surface area contributed by atoms with Gasteiger partial charge in [0.05, 0.1) is 11.4 Å². The van der Waals surface area contributed by atoms with Crippen LogP contribution in [0.25, 0.3) is 5.57 Å². The lowest BCUT2D eigenvalue weighted by Gasteiger charge is -2.18. The van der Waals surface area contributed by atoms with Gasteiger partial charge in [0, 0.05) is 42.9 Å². The first-order valence-electron chi connectivity index (χ1n) is 8.46. The van der Waals surface area contributed by atoms with Crippen LogP contribution < -0.4 is 10.6 Å². The van der Waals surface area contributed by atoms with Gasteiger partial charge in [0.25, 0.3) is 0 Å². The van der Waals surface area contributed by atoms with Gasteiger partial charge in [-0.15, -0.1) is 0 Å². The minimum Gasteiger partial charge on any atom is -0.343 e. The van der Waals surface area contributed by atoms with E-state index in [1.807, 2.05) is 11.0 Å². The van der Waals surface area contributed by atoms with Gasteiger partial charge in [-0.25, -0.2) is 0 Å². The molecule has 0 radical (unpaired) electrons. The first-order valence-corrected chi connectivity index (χ1v) is 9.26. The third kappa shape index (κ3) is 4.29. The summed E-state index contributed by atoms with van der Waals surface area (Å²) in [6.45, 7) is 2.18. The Morgan fingerprint density at radius 2 is 2.38 bits per heavy atom. The lowest BCUT2D eigenvalue weighted by molar-refractivity contribution is -0.127. The molecule has 0 saturated carbocycles. The van der Waals surface area contributed by atoms with Crippen molar-refractivity contribution in [1.29, 1.82) is 5.26 Å². The van der Waals surface area contributed by atoms with E-state index in [1.54, 1.807) is 24.5 Å². The number of likely N-dealkylation sites (tertiary alicyclic amines) is 1. The number of nitrogens with zero attached hydrogens (tertiary/aromatic N) is 4. The van der Waals surface area contributed by atoms with Crippen LogP contribution in [0, 0.1) is 11.3 Å². The van der Waals surface area contributed by atoms with Gasteiger partial charge in [-0.2, -0.15) is 5.26 Å². The van der Waals surface area contributed by atoms with Crippen LogP contribution in [-0.4, -0.2) is 41.4 Å². The van der Waals surface area contributed by atoms with Crippen molar-refractivity contribution >= 4 is 33.4 Å². The summed E-state index contributed by atoms with van der Waals surface area (Å²) in [4.78, 5) is 22.2. The quantitative estimate of drug-likeness (QED) is 0.568. The van der Waals surface area contributed by atoms with Gasteiger partial charge in [-0.3, -0.25) is 14.8 Å². The number of guanidine groups is 1. The van der Waals surface area contributed by atoms with Crippen LogP contribution in [0.4, 0.5) is 0 Å². The normalized spacial score (nSPS) is 19.9. The van der Waals surface area contributed by atoms with Crippen molar-refractivity contribution in [2.75, 3.05) is 19.6 Å². The zero-order valence-corrected chi connectivity index (χ0v) is 15.8. The molecule has 3 rings (SSSR count). The highest BCUT2D eigenvalue weighted by Gasteiger charge is 2.19. The van der Waals surface area contributed by atoms with Crippen LogP contribution in [0.2, 0.25) is 0 Å². The van der Waals surface area contributed by atoms with E-state index in [-0.39, 0.29) is 5.91 Å². The number of pyridine rings is 1. The Balaban J connectivity index is 1.65. The molecule has 1 aromatic heterocycles. The fraction of sp³-hybridized carbons (Fsp3) is 0.333. The molecule has 1 amide bonds. The van der Waals surface area contributed by atoms with E-state index in [4.69, 9.17) is 0 Å². The number of nitriles is 1. The van der Waals surface area contributed by atoms with Crippen LogP contribution in [-0.2, 0) is 4.79 Å². The number of aliphatic imine (C=N–C) groups is 1. The van der Waals surface area contributed by atoms with E-state index in [0.29, 0.717) is 35.9 Å². The minimum atomic E-state index is 0.235. The van der Waals surface area contributed by atoms with Crippen molar-refractivity contribution < 1.29 is 4.79 Å². The largest absolute Gasteiger partial charge is 0.343 e. The molecular formula is C18H19BrN6O. The molecule has 0 atom stereocenters. The van der Waals surface area contributed by atoms with Gasteiger partial charge < -0.3 is 15.5 Å². The summed E-state index contributed by atoms with van der Waals surface area (Å²) < 4.78 is 0.756. The monoisotopic (exact) mass is 414 g/mol. The van der Waals surface area contributed by atoms with Crippen LogP contribution in [0.5, 0.6) is 0 Å². The molecule has 1 fully saturated rings. The fourth-order valence-corrected chi connectivity index (χ4v) is 3.30. The Labute approximate surface area is 160 Å². The van der Waals surface area contributed by atoms with Crippen molar-refractivity contribution in [3.63, 3.8) is 0 Å². The minimum absolute atomic E-state index is 0.235. The number of allylic oxidation sites excluding steroid dienone is 2. The van der Waals surface area contributed by atoms with E-state index in [2.05, 4.69) is 42.6 Å². The predicted octanol–water partition coefficient (Wildman–Crippen LogP) is 2.15. The molecule has 0 spiro atoms. The summed E-state index contributed by atoms with van der Waals surface area (Å²) in [5.74, 6) is 0.814. The second-order valence-electron chi connectivity index (χ2n) is 5.91. The molecule has 1 saturated heterocycles. The molecule has 7 nitrogen and oxygen atoms in total. The zero-order valence-electron chi connectivity index (χ0n) is 14.2. The molecule has 0 aromatic carbocycles. The van der Waals surface area contributed by atoms with E-state index < -0.39 is 0 Å². The molecule has 2 aliphatic heterocycles. The van der Waals surface area contributed by atoms with Gasteiger partial charge >= 0.3 is 0 Å². The molecule has 134 valence electrons. The van der Waals surface area contributed by atoms with Gasteiger partial charge in [0.15, 0.2) is 5.96 Å². The van der Waals surface area contributed by atoms with Crippen LogP contribution >= 0.6 is 15.9 Å². The number of amides is 1. The number of rotatable bonds is 5. The van der Waals surface area contributed by atoms with Crippen LogP contribution in [0.3, 0.4) is 0 Å². The molecule has 1 aromatic rings. The van der Waals surface area contributed by atoms with Crippen LogP contribution in [0.1, 0.15) is 25.0 Å². The second kappa shape index (κ2) is 8.63. The second-order valence-corrected chi connectivity index (χ2v) is 6.76. The van der Waals surface area contributed by atoms with E-state index in [9.17, 15) is 10.1 Å². The first-order chi connectivity index (χ1) is 12.7. The number of carbonyl (C=O) groups is 1. The SMILES string of the molecule is N#C/C(=C1\C=CNC(=NCCCN2CCCC2=O)N1)c1ncccc1Br. The van der Waals surface area contributed by atoms with Crippen molar-refractivity contribution in [2.45, 2.75) is 19.3 Å². The predicted molar refractivity (Wildman–Crippen MR) is 103 cm³/mol. The molecule has 26 heavy (non-hydrogen) atoms. The van der Waals surface area contributed by atoms with E-state index in [1.165, 1.54) is 0 Å². The number of aromatic nitrogens is 1. The highest BCUT2D eigenvalue weighted by molar-refractivity contribution is 9.10. The molecule has 3 heterocycles. The Kier molecular flexibility index (Phi) is 6.02. The summed E-state index contributed by atoms with van der Waals surface area (Å²) >= 11 is 3.43. The molecular weight excluding hydrogens is 396 g/mol. The standard InChI is InChI=1S/C18H19BrN6O/c19-14-4-1-7-21-17(14)13(12-20)15-6-9-23-18(24-15)22-8-3-11-25-10-2-5-16(25)26/h1,4,6-7,9H,2-3,5,8,10-11H2,(H2,22,23,24)/b15-13-. The summed E-state index contributed by atoms with van der Waals surface area (Å²) in [6, 6.07) is 5.85. The smallest absolute Gasteiger partial charge is 0.222 e. The highest BCUT2D eigenvalue weighted by atomic mass is 79.9. The van der Waals surface area contributed by atoms with Gasteiger partial charge in [-0.05, 0) is 47.0 Å². The maximum absolute atomic E-state index is 11.6. The summed E-state index contributed by atoms with van der Waals surface area (Å²) in [5, 5.41) is 15.7. The van der Waals surface area contributed by atoms with Gasteiger partial charge in [0.2, 0.25) is 5.91 Å². The van der Waals surface area contributed by atoms with Crippen molar-refractivity contribution in [3.8, 4) is 6.07 Å². The molecule has 0 aliphatic carbocycles. The Bertz CT molecular complexity index is 823. The Morgan fingerprint density at radius 1 is 1.50 bits per heavy atom. The summed E-state index contributed by atoms with van der Waals surface area (Å²) in [7, 11) is 0. The number of carbonyl (C=O) groups excluding carboxylic acids is 1. The number of halogens is 1. The molecule has 8 heteroatoms. The van der Waals surface area contributed by atoms with Gasteiger partial charge in [-0.1, -0.05) is 0 Å². The highest BCUT2D eigenvalue weighted by Crippen LogP contribution is 2.24. The topological polar surface area (TPSA) is 93.4 Å². The molecule has 2 N–H and O–H groups in total. The van der Waals surface area contributed by atoms with Crippen molar-refractivity contribution in [2.24, 2.45) is 4.99 Å². The van der Waals surface area contributed by atoms with E-state index >= 15 is 0 Å². The molecule has 0 unspecified atom stereocenters. The van der Waals surface area contributed by atoms with Crippen LogP contribution in [0.15, 0.2) is 45.8 Å². The lowest BCUT2D eigenvalue weighted by Crippen LogP contribution is -2.37. The number of hydrogen-bond donors (Lipinski definition) is 2. The average Bonchev–Trinajstić information content (AvgIpc) is 3.06. The van der Waals surface area contributed by atoms with Crippen molar-refractivity contribution in [1.82, 2.24) is 20.5 Å². The van der Waals surface area contributed by atoms with Gasteiger partial charge in [0.1, 0.15) is 11.6 Å². The summed E-state index contributed by atoms with van der Waals surface area (Å²) in [6.07, 6.45) is 7.59. The molecule has 0 bridgehead atoms.